The first-order valence-corrected chi connectivity index (χ1v) is 7.25. The van der Waals surface area contributed by atoms with E-state index in [9.17, 15) is 0 Å². The Kier molecular flexibility index (Phi) is 5.02. The summed E-state index contributed by atoms with van der Waals surface area (Å²) in [7, 11) is 0. The number of anilines is 1. The smallest absolute Gasteiger partial charge is 0.0487 e. The van der Waals surface area contributed by atoms with Gasteiger partial charge in [-0.3, -0.25) is 0 Å². The average Bonchev–Trinajstić information content (AvgIpc) is 2.38. The van der Waals surface area contributed by atoms with Gasteiger partial charge in [-0.05, 0) is 39.7 Å². The van der Waals surface area contributed by atoms with Crippen molar-refractivity contribution in [1.82, 2.24) is 0 Å². The molecule has 0 saturated carbocycles. The van der Waals surface area contributed by atoms with Crippen molar-refractivity contribution in [1.29, 1.82) is 0 Å². The molecule has 0 atom stereocenters. The van der Waals surface area contributed by atoms with Gasteiger partial charge in [-0.15, -0.1) is 0 Å². The molecule has 0 saturated heterocycles. The molecule has 0 unspecified atom stereocenters. The third-order valence-electron chi connectivity index (χ3n) is 2.45. The van der Waals surface area contributed by atoms with Crippen LogP contribution in [-0.4, -0.2) is 6.54 Å². The average molecular weight is 367 g/mol. The Bertz CT molecular complexity index is 535. The number of nitrogens with one attached hydrogen (secondary N) is 1. The molecule has 0 aliphatic carbocycles. The van der Waals surface area contributed by atoms with Gasteiger partial charge >= 0.3 is 0 Å². The van der Waals surface area contributed by atoms with Crippen molar-refractivity contribution in [2.75, 3.05) is 11.9 Å². The molecule has 0 spiro atoms. The maximum absolute atomic E-state index is 3.53. The summed E-state index contributed by atoms with van der Waals surface area (Å²) in [6.45, 7) is 0.801. The zero-order valence-corrected chi connectivity index (χ0v) is 12.9. The minimum Gasteiger partial charge on any atom is -0.381 e. The van der Waals surface area contributed by atoms with E-state index in [-0.39, 0.29) is 0 Å². The topological polar surface area (TPSA) is 12.0 Å². The largest absolute Gasteiger partial charge is 0.381 e. The fourth-order valence-corrected chi connectivity index (χ4v) is 2.75. The van der Waals surface area contributed by atoms with Crippen LogP contribution in [0.3, 0.4) is 0 Å². The molecule has 2 aromatic rings. The van der Waals surface area contributed by atoms with Gasteiger partial charge in [-0.1, -0.05) is 58.4 Å². The zero-order valence-electron chi connectivity index (χ0n) is 9.74. The van der Waals surface area contributed by atoms with Gasteiger partial charge in [0.15, 0.2) is 0 Å². The highest BCUT2D eigenvalue weighted by molar-refractivity contribution is 9.11. The van der Waals surface area contributed by atoms with Crippen LogP contribution < -0.4 is 5.32 Å². The van der Waals surface area contributed by atoms with Crippen molar-refractivity contribution >= 4 is 43.6 Å². The second-order valence-electron chi connectivity index (χ2n) is 3.82. The molecule has 0 bridgehead atoms. The lowest BCUT2D eigenvalue weighted by molar-refractivity contribution is 1.33. The summed E-state index contributed by atoms with van der Waals surface area (Å²) in [5, 5.41) is 3.36. The summed E-state index contributed by atoms with van der Waals surface area (Å²) in [6, 6.07) is 16.4. The van der Waals surface area contributed by atoms with Crippen LogP contribution in [0.15, 0.2) is 63.6 Å². The third-order valence-corrected chi connectivity index (χ3v) is 3.60. The monoisotopic (exact) mass is 365 g/mol. The van der Waals surface area contributed by atoms with Crippen LogP contribution in [0.4, 0.5) is 5.69 Å². The molecule has 3 heteroatoms. The first kappa shape index (κ1) is 13.4. The van der Waals surface area contributed by atoms with Crippen LogP contribution in [0.25, 0.3) is 6.08 Å². The van der Waals surface area contributed by atoms with Crippen LogP contribution in [0, 0.1) is 0 Å². The van der Waals surface area contributed by atoms with Gasteiger partial charge in [0.05, 0.1) is 0 Å². The Labute approximate surface area is 124 Å². The lowest BCUT2D eigenvalue weighted by atomic mass is 10.2. The predicted octanol–water partition coefficient (Wildman–Crippen LogP) is 5.34. The molecule has 2 rings (SSSR count). The molecule has 0 heterocycles. The van der Waals surface area contributed by atoms with Crippen LogP contribution in [0.1, 0.15) is 5.56 Å². The Hall–Kier alpha value is -1.06. The zero-order chi connectivity index (χ0) is 12.8. The van der Waals surface area contributed by atoms with Gasteiger partial charge in [0.25, 0.3) is 0 Å². The quantitative estimate of drug-likeness (QED) is 0.770. The molecule has 0 amide bonds. The fraction of sp³-hybridized carbons (Fsp3) is 0.0667. The summed E-state index contributed by atoms with van der Waals surface area (Å²) in [5.41, 5.74) is 2.31. The summed E-state index contributed by atoms with van der Waals surface area (Å²) in [4.78, 5) is 0. The first-order valence-electron chi connectivity index (χ1n) is 5.66. The molecule has 18 heavy (non-hydrogen) atoms. The van der Waals surface area contributed by atoms with E-state index in [2.05, 4.69) is 61.5 Å². The van der Waals surface area contributed by atoms with Gasteiger partial charge in [-0.2, -0.15) is 0 Å². The minimum atomic E-state index is 0.801. The molecule has 0 aliphatic heterocycles. The lowest BCUT2D eigenvalue weighted by Gasteiger charge is -2.06. The Morgan fingerprint density at radius 2 is 1.78 bits per heavy atom. The summed E-state index contributed by atoms with van der Waals surface area (Å²) in [6.07, 6.45) is 4.23. The highest BCUT2D eigenvalue weighted by Crippen LogP contribution is 2.25. The van der Waals surface area contributed by atoms with E-state index in [0.29, 0.717) is 0 Å². The van der Waals surface area contributed by atoms with E-state index >= 15 is 0 Å². The molecular weight excluding hydrogens is 354 g/mol. The molecule has 0 radical (unpaired) electrons. The van der Waals surface area contributed by atoms with E-state index in [4.69, 9.17) is 0 Å². The van der Waals surface area contributed by atoms with Crippen molar-refractivity contribution in [3.05, 3.63) is 69.1 Å². The molecule has 2 aromatic carbocycles. The van der Waals surface area contributed by atoms with Crippen molar-refractivity contribution in [2.45, 2.75) is 0 Å². The van der Waals surface area contributed by atoms with E-state index in [1.54, 1.807) is 0 Å². The van der Waals surface area contributed by atoms with Gasteiger partial charge in [0.1, 0.15) is 0 Å². The normalized spacial score (nSPS) is 10.8. The number of benzene rings is 2. The van der Waals surface area contributed by atoms with Crippen LogP contribution in [0.5, 0.6) is 0 Å². The predicted molar refractivity (Wildman–Crippen MR) is 85.8 cm³/mol. The standard InChI is InChI=1S/C15H13Br2N/c16-13-8-9-15(14(17)11-13)18-10-4-7-12-5-2-1-3-6-12/h1-9,11,18H,10H2. The first-order chi connectivity index (χ1) is 8.75. The molecular formula is C15H13Br2N. The van der Waals surface area contributed by atoms with Crippen molar-refractivity contribution in [3.8, 4) is 0 Å². The summed E-state index contributed by atoms with van der Waals surface area (Å²) in [5.74, 6) is 0. The van der Waals surface area contributed by atoms with Gasteiger partial charge < -0.3 is 5.32 Å². The van der Waals surface area contributed by atoms with E-state index < -0.39 is 0 Å². The SMILES string of the molecule is Brc1ccc(NCC=Cc2ccccc2)c(Br)c1. The second-order valence-corrected chi connectivity index (χ2v) is 5.59. The maximum Gasteiger partial charge on any atom is 0.0487 e. The van der Waals surface area contributed by atoms with Crippen LogP contribution in [0.2, 0.25) is 0 Å². The summed E-state index contributed by atoms with van der Waals surface area (Å²) < 4.78 is 2.13. The van der Waals surface area contributed by atoms with Crippen LogP contribution >= 0.6 is 31.9 Å². The number of hydrogen-bond donors (Lipinski definition) is 1. The lowest BCUT2D eigenvalue weighted by Crippen LogP contribution is -1.98. The Balaban J connectivity index is 1.91. The van der Waals surface area contributed by atoms with E-state index in [1.807, 2.05) is 36.4 Å². The maximum atomic E-state index is 3.53. The van der Waals surface area contributed by atoms with Crippen molar-refractivity contribution in [2.24, 2.45) is 0 Å². The van der Waals surface area contributed by atoms with Crippen molar-refractivity contribution < 1.29 is 0 Å². The number of halogens is 2. The van der Waals surface area contributed by atoms with E-state index in [1.165, 1.54) is 5.56 Å². The molecule has 0 fully saturated rings. The number of rotatable bonds is 4. The van der Waals surface area contributed by atoms with Crippen molar-refractivity contribution in [3.63, 3.8) is 0 Å². The molecule has 1 nitrogen and oxygen atoms in total. The Morgan fingerprint density at radius 3 is 2.50 bits per heavy atom. The molecule has 0 aromatic heterocycles. The number of hydrogen-bond acceptors (Lipinski definition) is 1. The molecule has 0 aliphatic rings. The van der Waals surface area contributed by atoms with Crippen LogP contribution in [-0.2, 0) is 0 Å². The van der Waals surface area contributed by atoms with Gasteiger partial charge in [0.2, 0.25) is 0 Å². The fourth-order valence-electron chi connectivity index (χ4n) is 1.56. The highest BCUT2D eigenvalue weighted by atomic mass is 79.9. The minimum absolute atomic E-state index is 0.801. The highest BCUT2D eigenvalue weighted by Gasteiger charge is 1.97. The van der Waals surface area contributed by atoms with E-state index in [0.717, 1.165) is 21.2 Å². The van der Waals surface area contributed by atoms with Gasteiger partial charge in [0, 0.05) is 21.2 Å². The third kappa shape index (κ3) is 4.00. The molecule has 1 N–H and O–H groups in total. The summed E-state index contributed by atoms with van der Waals surface area (Å²) >= 11 is 6.96. The second kappa shape index (κ2) is 6.76. The van der Waals surface area contributed by atoms with Gasteiger partial charge in [-0.25, -0.2) is 0 Å². The Morgan fingerprint density at radius 1 is 1.00 bits per heavy atom. The molecule has 92 valence electrons.